The van der Waals surface area contributed by atoms with Gasteiger partial charge < -0.3 is 14.8 Å². The van der Waals surface area contributed by atoms with Gasteiger partial charge in [-0.3, -0.25) is 4.79 Å². The minimum atomic E-state index is -0.756. The average Bonchev–Trinajstić information content (AvgIpc) is 3.09. The van der Waals surface area contributed by atoms with Gasteiger partial charge in [0.1, 0.15) is 11.6 Å². The summed E-state index contributed by atoms with van der Waals surface area (Å²) in [6.45, 7) is 0. The Morgan fingerprint density at radius 3 is 3.00 bits per heavy atom. The molecule has 20 heavy (non-hydrogen) atoms. The van der Waals surface area contributed by atoms with Gasteiger partial charge in [0.15, 0.2) is 0 Å². The van der Waals surface area contributed by atoms with E-state index in [9.17, 15) is 4.79 Å². The second kappa shape index (κ2) is 4.94. The van der Waals surface area contributed by atoms with E-state index in [0.717, 1.165) is 27.3 Å². The second-order valence-corrected chi connectivity index (χ2v) is 5.73. The molecule has 1 saturated carbocycles. The van der Waals surface area contributed by atoms with Gasteiger partial charge in [0.2, 0.25) is 0 Å². The first-order valence-corrected chi connectivity index (χ1v) is 7.01. The van der Waals surface area contributed by atoms with Crippen LogP contribution >= 0.6 is 15.9 Å². The van der Waals surface area contributed by atoms with Crippen LogP contribution in [0.2, 0.25) is 0 Å². The van der Waals surface area contributed by atoms with Crippen LogP contribution in [0.25, 0.3) is 11.3 Å². The number of nitrogens with zero attached hydrogens (tertiary/aromatic N) is 1. The zero-order valence-corrected chi connectivity index (χ0v) is 12.3. The molecule has 0 radical (unpaired) electrons. The Morgan fingerprint density at radius 1 is 1.55 bits per heavy atom. The Labute approximate surface area is 124 Å². The van der Waals surface area contributed by atoms with Gasteiger partial charge in [-0.1, -0.05) is 15.9 Å². The predicted molar refractivity (Wildman–Crippen MR) is 76.8 cm³/mol. The molecule has 1 fully saturated rings. The molecule has 0 aliphatic heterocycles. The molecule has 0 bridgehead atoms. The number of aliphatic carboxylic acids is 1. The number of ether oxygens (including phenoxy) is 1. The zero-order chi connectivity index (χ0) is 14.3. The van der Waals surface area contributed by atoms with Crippen LogP contribution < -0.4 is 4.74 Å². The normalized spacial score (nSPS) is 20.7. The fourth-order valence-corrected chi connectivity index (χ4v) is 2.68. The largest absolute Gasteiger partial charge is 0.496 e. The molecule has 1 aromatic heterocycles. The first-order chi connectivity index (χ1) is 9.60. The van der Waals surface area contributed by atoms with Crippen molar-refractivity contribution in [2.75, 3.05) is 7.11 Å². The van der Waals surface area contributed by atoms with Crippen molar-refractivity contribution in [3.63, 3.8) is 0 Å². The van der Waals surface area contributed by atoms with Crippen LogP contribution in [-0.4, -0.2) is 28.2 Å². The predicted octanol–water partition coefficient (Wildman–Crippen LogP) is 3.04. The van der Waals surface area contributed by atoms with Crippen LogP contribution in [0.3, 0.4) is 0 Å². The van der Waals surface area contributed by atoms with Gasteiger partial charge in [-0.25, -0.2) is 4.98 Å². The Morgan fingerprint density at radius 2 is 2.35 bits per heavy atom. The maximum atomic E-state index is 10.9. The molecule has 1 aliphatic rings. The molecule has 0 amide bonds. The summed E-state index contributed by atoms with van der Waals surface area (Å²) < 4.78 is 6.28. The molecular formula is C14H13BrN2O3. The fourth-order valence-electron chi connectivity index (χ4n) is 2.32. The molecule has 1 aliphatic carbocycles. The summed E-state index contributed by atoms with van der Waals surface area (Å²) in [6.07, 6.45) is 2.37. The number of aromatic nitrogens is 2. The third kappa shape index (κ3) is 2.31. The summed E-state index contributed by atoms with van der Waals surface area (Å²) in [5, 5.41) is 8.96. The van der Waals surface area contributed by atoms with Crippen LogP contribution in [0.4, 0.5) is 0 Å². The van der Waals surface area contributed by atoms with Gasteiger partial charge in [-0.2, -0.15) is 0 Å². The number of carbonyl (C=O) groups is 1. The molecular weight excluding hydrogens is 324 g/mol. The SMILES string of the molecule is COc1ccc(Br)cc1-c1cnc(C2CC2C(=O)O)[nH]1. The molecule has 2 atom stereocenters. The number of imidazole rings is 1. The number of carboxylic acid groups (broad SMARTS) is 1. The van der Waals surface area contributed by atoms with Crippen LogP contribution in [0, 0.1) is 5.92 Å². The first-order valence-electron chi connectivity index (χ1n) is 6.21. The molecule has 6 heteroatoms. The quantitative estimate of drug-likeness (QED) is 0.899. The van der Waals surface area contributed by atoms with Gasteiger partial charge in [0, 0.05) is 16.0 Å². The highest BCUT2D eigenvalue weighted by atomic mass is 79.9. The van der Waals surface area contributed by atoms with E-state index in [4.69, 9.17) is 9.84 Å². The summed E-state index contributed by atoms with van der Waals surface area (Å²) in [6, 6.07) is 5.72. The fraction of sp³-hybridized carbons (Fsp3) is 0.286. The van der Waals surface area contributed by atoms with E-state index in [2.05, 4.69) is 25.9 Å². The van der Waals surface area contributed by atoms with Gasteiger partial charge in [0.25, 0.3) is 0 Å². The maximum absolute atomic E-state index is 10.9. The third-order valence-corrected chi connectivity index (χ3v) is 4.00. The molecule has 0 saturated heterocycles. The number of H-pyrrole nitrogens is 1. The Hall–Kier alpha value is -1.82. The van der Waals surface area contributed by atoms with Crippen molar-refractivity contribution in [1.29, 1.82) is 0 Å². The molecule has 1 aromatic carbocycles. The molecule has 5 nitrogen and oxygen atoms in total. The first kappa shape index (κ1) is 13.2. The van der Waals surface area contributed by atoms with E-state index < -0.39 is 5.97 Å². The minimum Gasteiger partial charge on any atom is -0.496 e. The number of carboxylic acids is 1. The summed E-state index contributed by atoms with van der Waals surface area (Å²) in [5.41, 5.74) is 1.72. The van der Waals surface area contributed by atoms with Crippen molar-refractivity contribution in [3.8, 4) is 17.0 Å². The van der Waals surface area contributed by atoms with E-state index >= 15 is 0 Å². The summed E-state index contributed by atoms with van der Waals surface area (Å²) in [5.74, 6) is 0.411. The van der Waals surface area contributed by atoms with Gasteiger partial charge >= 0.3 is 5.97 Å². The Bertz CT molecular complexity index is 668. The van der Waals surface area contributed by atoms with Gasteiger partial charge in [-0.05, 0) is 24.6 Å². The lowest BCUT2D eigenvalue weighted by Gasteiger charge is -2.06. The summed E-state index contributed by atoms with van der Waals surface area (Å²) >= 11 is 3.43. The van der Waals surface area contributed by atoms with Crippen LogP contribution in [0.5, 0.6) is 5.75 Å². The molecule has 104 valence electrons. The second-order valence-electron chi connectivity index (χ2n) is 4.81. The highest BCUT2D eigenvalue weighted by Crippen LogP contribution is 2.46. The monoisotopic (exact) mass is 336 g/mol. The van der Waals surface area contributed by atoms with Crippen LogP contribution in [-0.2, 0) is 4.79 Å². The van der Waals surface area contributed by atoms with Crippen molar-refractivity contribution < 1.29 is 14.6 Å². The number of rotatable bonds is 4. The summed E-state index contributed by atoms with van der Waals surface area (Å²) in [4.78, 5) is 18.4. The smallest absolute Gasteiger partial charge is 0.307 e. The molecule has 2 unspecified atom stereocenters. The van der Waals surface area contributed by atoms with Crippen molar-refractivity contribution in [2.45, 2.75) is 12.3 Å². The number of halogens is 1. The van der Waals surface area contributed by atoms with E-state index in [-0.39, 0.29) is 11.8 Å². The number of nitrogens with one attached hydrogen (secondary N) is 1. The van der Waals surface area contributed by atoms with E-state index in [1.54, 1.807) is 13.3 Å². The zero-order valence-electron chi connectivity index (χ0n) is 10.8. The molecule has 2 N–H and O–H groups in total. The number of hydrogen-bond donors (Lipinski definition) is 2. The molecule has 2 aromatic rings. The van der Waals surface area contributed by atoms with Gasteiger partial charge in [-0.15, -0.1) is 0 Å². The van der Waals surface area contributed by atoms with E-state index in [0.29, 0.717) is 6.42 Å². The topological polar surface area (TPSA) is 75.2 Å². The number of methoxy groups -OCH3 is 1. The van der Waals surface area contributed by atoms with Crippen LogP contribution in [0.1, 0.15) is 18.2 Å². The molecule has 3 rings (SSSR count). The maximum Gasteiger partial charge on any atom is 0.307 e. The Balaban J connectivity index is 1.91. The molecule has 1 heterocycles. The average molecular weight is 337 g/mol. The van der Waals surface area contributed by atoms with Crippen molar-refractivity contribution in [1.82, 2.24) is 9.97 Å². The highest BCUT2D eigenvalue weighted by Gasteiger charge is 2.46. The Kier molecular flexibility index (Phi) is 3.25. The third-order valence-electron chi connectivity index (χ3n) is 3.51. The van der Waals surface area contributed by atoms with Crippen molar-refractivity contribution >= 4 is 21.9 Å². The highest BCUT2D eigenvalue weighted by molar-refractivity contribution is 9.10. The summed E-state index contributed by atoms with van der Waals surface area (Å²) in [7, 11) is 1.62. The standard InChI is InChI=1S/C14H13BrN2O3/c1-20-12-3-2-7(15)4-10(12)11-6-16-13(17-11)8-5-9(8)14(18)19/h2-4,6,8-9H,5H2,1H3,(H,16,17)(H,18,19). The van der Waals surface area contributed by atoms with E-state index in [1.165, 1.54) is 0 Å². The lowest BCUT2D eigenvalue weighted by Crippen LogP contribution is -1.99. The van der Waals surface area contributed by atoms with Crippen LogP contribution in [0.15, 0.2) is 28.9 Å². The number of hydrogen-bond acceptors (Lipinski definition) is 3. The van der Waals surface area contributed by atoms with Crippen molar-refractivity contribution in [2.24, 2.45) is 5.92 Å². The lowest BCUT2D eigenvalue weighted by molar-refractivity contribution is -0.138. The van der Waals surface area contributed by atoms with Crippen molar-refractivity contribution in [3.05, 3.63) is 34.7 Å². The number of aromatic amines is 1. The lowest BCUT2D eigenvalue weighted by atomic mass is 10.1. The minimum absolute atomic E-state index is 0.000558. The van der Waals surface area contributed by atoms with E-state index in [1.807, 2.05) is 18.2 Å². The van der Waals surface area contributed by atoms with Gasteiger partial charge in [0.05, 0.1) is 24.9 Å². The number of benzene rings is 1. The molecule has 0 spiro atoms.